The molecule has 246 valence electrons. The average Bonchev–Trinajstić information content (AvgIpc) is 3.68. The number of aryl methyl sites for hydroxylation is 1. The highest BCUT2D eigenvalue weighted by molar-refractivity contribution is 5.82. The van der Waals surface area contributed by atoms with Crippen LogP contribution in [0.2, 0.25) is 0 Å². The van der Waals surface area contributed by atoms with Crippen molar-refractivity contribution in [2.75, 3.05) is 5.32 Å². The summed E-state index contributed by atoms with van der Waals surface area (Å²) < 4.78 is 1.96. The van der Waals surface area contributed by atoms with Crippen LogP contribution in [0.5, 0.6) is 0 Å². The number of benzene rings is 5. The van der Waals surface area contributed by atoms with Gasteiger partial charge in [0, 0.05) is 24.7 Å². The third kappa shape index (κ3) is 6.31. The number of aldehydes is 1. The van der Waals surface area contributed by atoms with Crippen molar-refractivity contribution < 1.29 is 4.79 Å². The summed E-state index contributed by atoms with van der Waals surface area (Å²) in [6.07, 6.45) is 5.23. The van der Waals surface area contributed by atoms with E-state index in [0.29, 0.717) is 23.8 Å². The van der Waals surface area contributed by atoms with Crippen molar-refractivity contribution in [2.24, 2.45) is 0 Å². The van der Waals surface area contributed by atoms with Crippen molar-refractivity contribution in [3.05, 3.63) is 179 Å². The Morgan fingerprint density at radius 3 is 1.88 bits per heavy atom. The summed E-state index contributed by atoms with van der Waals surface area (Å²) in [4.78, 5) is 20.7. The number of hydrogen-bond acceptors (Lipinski definition) is 7. The summed E-state index contributed by atoms with van der Waals surface area (Å²) >= 11 is 0. The molecule has 0 bridgehead atoms. The van der Waals surface area contributed by atoms with Gasteiger partial charge in [-0.05, 0) is 50.2 Å². The summed E-state index contributed by atoms with van der Waals surface area (Å²) in [6, 6.07) is 47.8. The van der Waals surface area contributed by atoms with E-state index in [1.165, 1.54) is 0 Å². The summed E-state index contributed by atoms with van der Waals surface area (Å²) in [6.45, 7) is 2.65. The number of carbonyl (C=O) groups excluding carboxylic acids is 1. The van der Waals surface area contributed by atoms with E-state index in [4.69, 9.17) is 5.21 Å². The Morgan fingerprint density at radius 1 is 0.720 bits per heavy atom. The van der Waals surface area contributed by atoms with Crippen molar-refractivity contribution in [3.8, 4) is 22.5 Å². The first-order valence-corrected chi connectivity index (χ1v) is 16.9. The topological polar surface area (TPSA) is 98.5 Å². The first-order valence-electron chi connectivity index (χ1n) is 16.9. The van der Waals surface area contributed by atoms with Crippen LogP contribution in [0.1, 0.15) is 58.2 Å². The van der Waals surface area contributed by atoms with Crippen LogP contribution in [0.4, 0.5) is 5.82 Å². The Kier molecular flexibility index (Phi) is 9.60. The lowest BCUT2D eigenvalue weighted by molar-refractivity contribution is 0.112. The van der Waals surface area contributed by atoms with Crippen LogP contribution in [-0.4, -0.2) is 36.5 Å². The Labute approximate surface area is 291 Å². The number of anilines is 1. The van der Waals surface area contributed by atoms with Gasteiger partial charge in [-0.25, -0.2) is 14.6 Å². The largest absolute Gasteiger partial charge is 0.365 e. The number of unbranched alkanes of at least 4 members (excludes halogenated alkanes) is 1. The molecular formula is C42H37N7O. The van der Waals surface area contributed by atoms with Crippen LogP contribution in [0, 0.1) is 0 Å². The van der Waals surface area contributed by atoms with Crippen LogP contribution >= 0.6 is 0 Å². The molecule has 7 rings (SSSR count). The van der Waals surface area contributed by atoms with Gasteiger partial charge in [-0.1, -0.05) is 153 Å². The molecule has 0 atom stereocenters. The highest BCUT2D eigenvalue weighted by Gasteiger charge is 2.42. The molecule has 0 fully saturated rings. The second-order valence-corrected chi connectivity index (χ2v) is 12.1. The molecule has 0 aliphatic heterocycles. The van der Waals surface area contributed by atoms with Gasteiger partial charge in [-0.3, -0.25) is 4.79 Å². The second-order valence-electron chi connectivity index (χ2n) is 12.1. The monoisotopic (exact) mass is 655 g/mol. The minimum atomic E-state index is -0.858. The fraction of sp³-hybridized carbons (Fsp3) is 0.143. The van der Waals surface area contributed by atoms with E-state index in [-0.39, 0.29) is 0 Å². The molecule has 0 saturated carbocycles. The molecule has 0 aliphatic rings. The predicted octanol–water partition coefficient (Wildman–Crippen LogP) is 8.40. The highest BCUT2D eigenvalue weighted by atomic mass is 16.1. The Hall–Kier alpha value is -6.28. The molecule has 8 nitrogen and oxygen atoms in total. The van der Waals surface area contributed by atoms with Crippen molar-refractivity contribution in [2.45, 2.75) is 38.3 Å². The van der Waals surface area contributed by atoms with E-state index < -0.39 is 5.54 Å². The minimum absolute atomic E-state index is 0.450. The third-order valence-electron chi connectivity index (χ3n) is 9.00. The smallest absolute Gasteiger partial charge is 0.184 e. The van der Waals surface area contributed by atoms with Crippen molar-refractivity contribution in [1.82, 2.24) is 30.2 Å². The predicted molar refractivity (Wildman–Crippen MR) is 197 cm³/mol. The molecule has 50 heavy (non-hydrogen) atoms. The number of nitrogens with one attached hydrogen (secondary N) is 1. The first kappa shape index (κ1) is 32.3. The molecule has 0 amide bonds. The fourth-order valence-corrected chi connectivity index (χ4v) is 6.51. The minimum Gasteiger partial charge on any atom is -0.365 e. The molecule has 7 aromatic rings. The average molecular weight is 656 g/mol. The second kappa shape index (κ2) is 14.9. The fourth-order valence-electron chi connectivity index (χ4n) is 6.51. The zero-order chi connectivity index (χ0) is 34.2. The summed E-state index contributed by atoms with van der Waals surface area (Å²) in [7, 11) is 0. The number of nitrogens with zero attached hydrogens (tertiary/aromatic N) is 6. The van der Waals surface area contributed by atoms with E-state index in [1.54, 1.807) is 6.20 Å². The molecule has 8 heteroatoms. The molecular weight excluding hydrogens is 619 g/mol. The van der Waals surface area contributed by atoms with Gasteiger partial charge in [0.05, 0.1) is 5.56 Å². The van der Waals surface area contributed by atoms with E-state index in [1.807, 2.05) is 35.0 Å². The van der Waals surface area contributed by atoms with Crippen LogP contribution in [0.3, 0.4) is 0 Å². The summed E-state index contributed by atoms with van der Waals surface area (Å²) in [5, 5.41) is 17.1. The standard InChI is InChI=1S/C42H37N7O/c1-2-3-23-39-43-29-33(30-50)40(45-39)44-28-31-24-26-32(27-25-31)37-21-13-14-22-38(37)41-46-47-48-49(41)42(34-15-7-4-8-16-34,35-17-9-5-10-18-35)36-19-11-6-12-20-36/h4-22,24-27,29-30H,2-3,23,28H2,1H3,(H,43,44,45). The molecule has 0 aliphatic carbocycles. The molecule has 0 unspecified atom stereocenters. The van der Waals surface area contributed by atoms with Gasteiger partial charge in [-0.2, -0.15) is 0 Å². The van der Waals surface area contributed by atoms with E-state index >= 15 is 0 Å². The maximum atomic E-state index is 11.7. The molecule has 2 heterocycles. The lowest BCUT2D eigenvalue weighted by Gasteiger charge is -2.36. The SMILES string of the molecule is CCCCc1ncc(C=O)c(NCc2ccc(-c3ccccc3-c3nnnn3C(c3ccccc3)(c3ccccc3)c3ccccc3)cc2)n1. The van der Waals surface area contributed by atoms with Gasteiger partial charge in [-0.15, -0.1) is 5.10 Å². The van der Waals surface area contributed by atoms with E-state index in [2.05, 4.69) is 142 Å². The number of rotatable bonds is 13. The zero-order valence-corrected chi connectivity index (χ0v) is 27.9. The Bertz CT molecular complexity index is 2070. The maximum absolute atomic E-state index is 11.7. The number of tetrazole rings is 1. The summed E-state index contributed by atoms with van der Waals surface area (Å²) in [5.41, 5.74) is 6.71. The maximum Gasteiger partial charge on any atom is 0.184 e. The quantitative estimate of drug-likeness (QED) is 0.0984. The van der Waals surface area contributed by atoms with Gasteiger partial charge >= 0.3 is 0 Å². The van der Waals surface area contributed by atoms with Crippen LogP contribution in [-0.2, 0) is 18.5 Å². The van der Waals surface area contributed by atoms with Gasteiger partial charge < -0.3 is 5.32 Å². The normalized spacial score (nSPS) is 11.3. The van der Waals surface area contributed by atoms with Crippen molar-refractivity contribution in [3.63, 3.8) is 0 Å². The molecule has 1 N–H and O–H groups in total. The molecule has 5 aromatic carbocycles. The van der Waals surface area contributed by atoms with E-state index in [9.17, 15) is 4.79 Å². The highest BCUT2D eigenvalue weighted by Crippen LogP contribution is 2.43. The van der Waals surface area contributed by atoms with Gasteiger partial charge in [0.2, 0.25) is 0 Å². The number of carbonyl (C=O) groups is 1. The Morgan fingerprint density at radius 2 is 1.30 bits per heavy atom. The van der Waals surface area contributed by atoms with Crippen molar-refractivity contribution >= 4 is 12.1 Å². The molecule has 0 spiro atoms. The summed E-state index contributed by atoms with van der Waals surface area (Å²) in [5.74, 6) is 1.94. The van der Waals surface area contributed by atoms with Crippen LogP contribution in [0.15, 0.2) is 146 Å². The van der Waals surface area contributed by atoms with Crippen LogP contribution in [0.25, 0.3) is 22.5 Å². The lowest BCUT2D eigenvalue weighted by Crippen LogP contribution is -2.39. The van der Waals surface area contributed by atoms with Gasteiger partial charge in [0.1, 0.15) is 17.2 Å². The lowest BCUT2D eigenvalue weighted by atomic mass is 9.77. The number of aromatic nitrogens is 6. The third-order valence-corrected chi connectivity index (χ3v) is 9.00. The molecule has 0 radical (unpaired) electrons. The molecule has 0 saturated heterocycles. The first-order chi connectivity index (χ1) is 24.7. The Balaban J connectivity index is 1.27. The van der Waals surface area contributed by atoms with Gasteiger partial charge in [0.15, 0.2) is 12.1 Å². The van der Waals surface area contributed by atoms with E-state index in [0.717, 1.165) is 70.3 Å². The van der Waals surface area contributed by atoms with Crippen molar-refractivity contribution in [1.29, 1.82) is 0 Å². The van der Waals surface area contributed by atoms with Gasteiger partial charge in [0.25, 0.3) is 0 Å². The number of hydrogen-bond donors (Lipinski definition) is 1. The zero-order valence-electron chi connectivity index (χ0n) is 27.9. The van der Waals surface area contributed by atoms with Crippen LogP contribution < -0.4 is 5.32 Å². The molecule has 2 aromatic heterocycles.